The van der Waals surface area contributed by atoms with Gasteiger partial charge >= 0.3 is 0 Å². The summed E-state index contributed by atoms with van der Waals surface area (Å²) >= 11 is 0. The van der Waals surface area contributed by atoms with Crippen LogP contribution >= 0.6 is 0 Å². The number of hydrogen-bond acceptors (Lipinski definition) is 4. The van der Waals surface area contributed by atoms with Gasteiger partial charge in [0, 0.05) is 11.1 Å². The average Bonchev–Trinajstić information content (AvgIpc) is 2.88. The molecule has 2 aliphatic rings. The summed E-state index contributed by atoms with van der Waals surface area (Å²) in [7, 11) is 0. The normalized spacial score (nSPS) is 18.0. The van der Waals surface area contributed by atoms with Gasteiger partial charge in [0.05, 0.1) is 11.1 Å². The van der Waals surface area contributed by atoms with Gasteiger partial charge in [-0.2, -0.15) is 0 Å². The van der Waals surface area contributed by atoms with Crippen LogP contribution in [0.15, 0.2) is 29.3 Å². The lowest BCUT2D eigenvalue weighted by molar-refractivity contribution is -0.125. The molecule has 0 unspecified atom stereocenters. The molecule has 6 nitrogen and oxygen atoms in total. The van der Waals surface area contributed by atoms with E-state index in [-0.39, 0.29) is 0 Å². The molecule has 0 bridgehead atoms. The molecule has 0 saturated carbocycles. The number of rotatable bonds is 2. The standard InChI is InChI=1S/C17H14N2O4/c1-7-4-5-10(12-8(2)14(20)18-16(12)22)6-11(7)13-9(3)15(21)19-17(13)23/h4-6H,1-3H3,(H,18,20,22)(H,19,21,23). The molecule has 2 N–H and O–H groups in total. The minimum absolute atomic E-state index is 0.291. The van der Waals surface area contributed by atoms with Crippen molar-refractivity contribution in [3.8, 4) is 0 Å². The van der Waals surface area contributed by atoms with Crippen LogP contribution in [0, 0.1) is 6.92 Å². The summed E-state index contributed by atoms with van der Waals surface area (Å²) in [6.07, 6.45) is 0. The summed E-state index contributed by atoms with van der Waals surface area (Å²) in [5, 5.41) is 4.50. The highest BCUT2D eigenvalue weighted by molar-refractivity contribution is 6.37. The van der Waals surface area contributed by atoms with E-state index < -0.39 is 23.6 Å². The van der Waals surface area contributed by atoms with Gasteiger partial charge < -0.3 is 0 Å². The van der Waals surface area contributed by atoms with Crippen LogP contribution in [-0.2, 0) is 19.2 Å². The molecular formula is C17H14N2O4. The van der Waals surface area contributed by atoms with Crippen LogP contribution in [0.3, 0.4) is 0 Å². The van der Waals surface area contributed by atoms with Gasteiger partial charge in [-0.1, -0.05) is 12.1 Å². The average molecular weight is 310 g/mol. The Balaban J connectivity index is 2.19. The molecule has 6 heteroatoms. The maximum absolute atomic E-state index is 12.0. The van der Waals surface area contributed by atoms with Crippen molar-refractivity contribution in [1.82, 2.24) is 10.6 Å². The molecule has 0 spiro atoms. The third-order valence-corrected chi connectivity index (χ3v) is 4.14. The Morgan fingerprint density at radius 2 is 1.22 bits per heavy atom. The number of imide groups is 2. The lowest BCUT2D eigenvalue weighted by atomic mass is 9.92. The van der Waals surface area contributed by atoms with Crippen molar-refractivity contribution in [3.05, 3.63) is 46.0 Å². The van der Waals surface area contributed by atoms with E-state index in [1.807, 2.05) is 6.92 Å². The molecule has 1 aromatic carbocycles. The monoisotopic (exact) mass is 310 g/mol. The van der Waals surface area contributed by atoms with E-state index >= 15 is 0 Å². The van der Waals surface area contributed by atoms with E-state index in [4.69, 9.17) is 0 Å². The van der Waals surface area contributed by atoms with E-state index in [9.17, 15) is 19.2 Å². The zero-order valence-electron chi connectivity index (χ0n) is 12.9. The Bertz CT molecular complexity index is 875. The first-order valence-corrected chi connectivity index (χ1v) is 7.05. The second-order valence-electron chi connectivity index (χ2n) is 5.60. The highest BCUT2D eigenvalue weighted by Crippen LogP contribution is 2.31. The lowest BCUT2D eigenvalue weighted by Crippen LogP contribution is -2.23. The highest BCUT2D eigenvalue weighted by Gasteiger charge is 2.31. The SMILES string of the molecule is CC1=C(c2ccc(C)c(C3=C(C)C(=O)NC3=O)c2)C(=O)NC1=O. The van der Waals surface area contributed by atoms with Gasteiger partial charge in [-0.3, -0.25) is 29.8 Å². The van der Waals surface area contributed by atoms with Crippen LogP contribution in [0.1, 0.15) is 30.5 Å². The third kappa shape index (κ3) is 2.19. The maximum Gasteiger partial charge on any atom is 0.259 e. The predicted molar refractivity (Wildman–Crippen MR) is 82.7 cm³/mol. The second kappa shape index (κ2) is 5.01. The Hall–Kier alpha value is -3.02. The van der Waals surface area contributed by atoms with E-state index in [0.29, 0.717) is 33.4 Å². The number of amides is 4. The number of nitrogens with one attached hydrogen (secondary N) is 2. The van der Waals surface area contributed by atoms with Crippen LogP contribution in [0.2, 0.25) is 0 Å². The molecule has 0 aliphatic carbocycles. The fourth-order valence-electron chi connectivity index (χ4n) is 2.81. The fraction of sp³-hybridized carbons (Fsp3) is 0.176. The molecule has 1 aromatic rings. The van der Waals surface area contributed by atoms with Crippen LogP contribution < -0.4 is 10.6 Å². The smallest absolute Gasteiger partial charge is 0.259 e. The minimum Gasteiger partial charge on any atom is -0.288 e. The zero-order chi connectivity index (χ0) is 16.9. The van der Waals surface area contributed by atoms with Gasteiger partial charge in [0.25, 0.3) is 23.6 Å². The third-order valence-electron chi connectivity index (χ3n) is 4.14. The molecule has 0 radical (unpaired) electrons. The summed E-state index contributed by atoms with van der Waals surface area (Å²) in [6.45, 7) is 4.97. The molecule has 0 fully saturated rings. The Labute approximate surface area is 132 Å². The van der Waals surface area contributed by atoms with Crippen molar-refractivity contribution in [2.45, 2.75) is 20.8 Å². The molecule has 0 saturated heterocycles. The largest absolute Gasteiger partial charge is 0.288 e. The highest BCUT2D eigenvalue weighted by atomic mass is 16.2. The Kier molecular flexibility index (Phi) is 3.25. The van der Waals surface area contributed by atoms with Gasteiger partial charge in [-0.25, -0.2) is 0 Å². The topological polar surface area (TPSA) is 92.3 Å². The second-order valence-corrected chi connectivity index (χ2v) is 5.60. The summed E-state index contributed by atoms with van der Waals surface area (Å²) < 4.78 is 0. The van der Waals surface area contributed by atoms with Gasteiger partial charge in [0.2, 0.25) is 0 Å². The molecule has 0 aromatic heterocycles. The van der Waals surface area contributed by atoms with Crippen LogP contribution in [0.4, 0.5) is 0 Å². The van der Waals surface area contributed by atoms with Crippen molar-refractivity contribution in [2.75, 3.05) is 0 Å². The number of hydrogen-bond donors (Lipinski definition) is 2. The van der Waals surface area contributed by atoms with E-state index in [2.05, 4.69) is 10.6 Å². The van der Waals surface area contributed by atoms with Gasteiger partial charge in [-0.05, 0) is 43.5 Å². The van der Waals surface area contributed by atoms with Crippen LogP contribution in [0.25, 0.3) is 11.1 Å². The first-order valence-electron chi connectivity index (χ1n) is 7.05. The van der Waals surface area contributed by atoms with Crippen LogP contribution in [0.5, 0.6) is 0 Å². The fourth-order valence-corrected chi connectivity index (χ4v) is 2.81. The van der Waals surface area contributed by atoms with E-state index in [0.717, 1.165) is 5.56 Å². The van der Waals surface area contributed by atoms with E-state index in [1.54, 1.807) is 32.0 Å². The molecule has 116 valence electrons. The van der Waals surface area contributed by atoms with Gasteiger partial charge in [-0.15, -0.1) is 0 Å². The van der Waals surface area contributed by atoms with Gasteiger partial charge in [0.15, 0.2) is 0 Å². The van der Waals surface area contributed by atoms with Crippen molar-refractivity contribution in [1.29, 1.82) is 0 Å². The van der Waals surface area contributed by atoms with E-state index in [1.165, 1.54) is 0 Å². The maximum atomic E-state index is 12.0. The first-order chi connectivity index (χ1) is 10.8. The summed E-state index contributed by atoms with van der Waals surface area (Å²) in [6, 6.07) is 5.15. The number of aryl methyl sites for hydroxylation is 1. The zero-order valence-corrected chi connectivity index (χ0v) is 12.9. The number of carbonyl (C=O) groups excluding carboxylic acids is 4. The molecule has 4 amide bonds. The van der Waals surface area contributed by atoms with Crippen molar-refractivity contribution in [2.24, 2.45) is 0 Å². The molecule has 3 rings (SSSR count). The minimum atomic E-state index is -0.458. The quantitative estimate of drug-likeness (QED) is 0.792. The lowest BCUT2D eigenvalue weighted by Gasteiger charge is -2.10. The summed E-state index contributed by atoms with van der Waals surface area (Å²) in [5.74, 6) is -1.75. The number of carbonyl (C=O) groups is 4. The molecule has 23 heavy (non-hydrogen) atoms. The van der Waals surface area contributed by atoms with Crippen molar-refractivity contribution >= 4 is 34.8 Å². The van der Waals surface area contributed by atoms with Crippen molar-refractivity contribution < 1.29 is 19.2 Å². The molecular weight excluding hydrogens is 296 g/mol. The summed E-state index contributed by atoms with van der Waals surface area (Å²) in [4.78, 5) is 47.3. The first kappa shape index (κ1) is 14.9. The predicted octanol–water partition coefficient (Wildman–Crippen LogP) is 0.855. The number of benzene rings is 1. The Morgan fingerprint density at radius 1 is 0.696 bits per heavy atom. The van der Waals surface area contributed by atoms with Gasteiger partial charge in [0.1, 0.15) is 0 Å². The summed E-state index contributed by atoms with van der Waals surface area (Å²) in [5.41, 5.74) is 3.19. The molecule has 2 aliphatic heterocycles. The van der Waals surface area contributed by atoms with Crippen molar-refractivity contribution in [3.63, 3.8) is 0 Å². The molecule has 0 atom stereocenters. The Morgan fingerprint density at radius 3 is 1.70 bits per heavy atom. The van der Waals surface area contributed by atoms with Crippen LogP contribution in [-0.4, -0.2) is 23.6 Å². The molecule has 2 heterocycles.